The van der Waals surface area contributed by atoms with Gasteiger partial charge in [0.2, 0.25) is 0 Å². The van der Waals surface area contributed by atoms with Crippen molar-refractivity contribution in [2.75, 3.05) is 25.5 Å². The molecule has 1 fully saturated rings. The van der Waals surface area contributed by atoms with Crippen molar-refractivity contribution in [3.63, 3.8) is 0 Å². The molecule has 0 bridgehead atoms. The van der Waals surface area contributed by atoms with Gasteiger partial charge in [-0.05, 0) is 37.6 Å². The Kier molecular flexibility index (Phi) is 4.63. The van der Waals surface area contributed by atoms with Crippen LogP contribution in [0.2, 0.25) is 0 Å². The predicted molar refractivity (Wildman–Crippen MR) is 72.9 cm³/mol. The molecule has 104 valence electrons. The minimum Gasteiger partial charge on any atom is -0.484 e. The third kappa shape index (κ3) is 4.13. The standard InChI is InChI=1S/C14H20N2O3/c1-10-11(6-7-18-10)8-16-14(17)9-19-13-4-2-12(15)3-5-13/h2-5,10-11H,6-9,15H2,1H3,(H,16,17). The van der Waals surface area contributed by atoms with Crippen molar-refractivity contribution in [1.82, 2.24) is 5.32 Å². The number of amides is 1. The summed E-state index contributed by atoms with van der Waals surface area (Å²) in [6.07, 6.45) is 1.22. The molecule has 1 amide bonds. The van der Waals surface area contributed by atoms with Gasteiger partial charge in [-0.25, -0.2) is 0 Å². The highest BCUT2D eigenvalue weighted by Gasteiger charge is 2.24. The summed E-state index contributed by atoms with van der Waals surface area (Å²) in [6.45, 7) is 3.48. The number of carbonyl (C=O) groups excluding carboxylic acids is 1. The fraction of sp³-hybridized carbons (Fsp3) is 0.500. The van der Waals surface area contributed by atoms with Crippen LogP contribution in [-0.4, -0.2) is 31.8 Å². The first-order chi connectivity index (χ1) is 9.15. The molecule has 5 heteroatoms. The average Bonchev–Trinajstić information content (AvgIpc) is 2.81. The Bertz CT molecular complexity index is 419. The quantitative estimate of drug-likeness (QED) is 0.783. The molecule has 0 aromatic heterocycles. The molecule has 2 atom stereocenters. The highest BCUT2D eigenvalue weighted by molar-refractivity contribution is 5.77. The highest BCUT2D eigenvalue weighted by atomic mass is 16.5. The first kappa shape index (κ1) is 13.7. The van der Waals surface area contributed by atoms with Gasteiger partial charge in [-0.2, -0.15) is 0 Å². The number of rotatable bonds is 5. The Balaban J connectivity index is 1.68. The fourth-order valence-electron chi connectivity index (χ4n) is 2.05. The fourth-order valence-corrected chi connectivity index (χ4v) is 2.05. The van der Waals surface area contributed by atoms with E-state index < -0.39 is 0 Å². The molecule has 0 radical (unpaired) electrons. The molecule has 1 aliphatic heterocycles. The van der Waals surface area contributed by atoms with Gasteiger partial charge in [-0.15, -0.1) is 0 Å². The lowest BCUT2D eigenvalue weighted by atomic mass is 10.0. The number of nitrogens with one attached hydrogen (secondary N) is 1. The summed E-state index contributed by atoms with van der Waals surface area (Å²) in [5.74, 6) is 0.929. The van der Waals surface area contributed by atoms with Crippen molar-refractivity contribution < 1.29 is 14.3 Å². The number of anilines is 1. The molecular weight excluding hydrogens is 244 g/mol. The van der Waals surface area contributed by atoms with E-state index in [1.165, 1.54) is 0 Å². The summed E-state index contributed by atoms with van der Waals surface area (Å²) >= 11 is 0. The molecule has 1 aromatic rings. The van der Waals surface area contributed by atoms with E-state index in [0.717, 1.165) is 13.0 Å². The molecule has 3 N–H and O–H groups in total. The van der Waals surface area contributed by atoms with Gasteiger partial charge in [0.25, 0.3) is 5.91 Å². The van der Waals surface area contributed by atoms with Gasteiger partial charge in [0.15, 0.2) is 6.61 Å². The predicted octanol–water partition coefficient (Wildman–Crippen LogP) is 1.19. The van der Waals surface area contributed by atoms with E-state index in [0.29, 0.717) is 23.9 Å². The lowest BCUT2D eigenvalue weighted by Crippen LogP contribution is -2.35. The molecule has 0 saturated carbocycles. The Morgan fingerprint density at radius 1 is 1.47 bits per heavy atom. The summed E-state index contributed by atoms with van der Waals surface area (Å²) in [4.78, 5) is 11.6. The van der Waals surface area contributed by atoms with Crippen LogP contribution >= 0.6 is 0 Å². The lowest BCUT2D eigenvalue weighted by molar-refractivity contribution is -0.123. The summed E-state index contributed by atoms with van der Waals surface area (Å²) in [6, 6.07) is 6.97. The van der Waals surface area contributed by atoms with Crippen molar-refractivity contribution in [1.29, 1.82) is 0 Å². The van der Waals surface area contributed by atoms with E-state index in [4.69, 9.17) is 15.2 Å². The molecule has 1 aliphatic rings. The monoisotopic (exact) mass is 264 g/mol. The van der Waals surface area contributed by atoms with Gasteiger partial charge in [0.1, 0.15) is 5.75 Å². The Morgan fingerprint density at radius 3 is 2.84 bits per heavy atom. The number of carbonyl (C=O) groups is 1. The molecular formula is C14H20N2O3. The van der Waals surface area contributed by atoms with E-state index >= 15 is 0 Å². The number of hydrogen-bond acceptors (Lipinski definition) is 4. The summed E-state index contributed by atoms with van der Waals surface area (Å²) in [5.41, 5.74) is 6.24. The van der Waals surface area contributed by atoms with Crippen LogP contribution in [0.15, 0.2) is 24.3 Å². The third-order valence-corrected chi connectivity index (χ3v) is 3.34. The first-order valence-corrected chi connectivity index (χ1v) is 6.52. The molecule has 5 nitrogen and oxygen atoms in total. The van der Waals surface area contributed by atoms with Crippen LogP contribution in [0.5, 0.6) is 5.75 Å². The van der Waals surface area contributed by atoms with Crippen LogP contribution in [-0.2, 0) is 9.53 Å². The smallest absolute Gasteiger partial charge is 0.257 e. The molecule has 2 rings (SSSR count). The summed E-state index contributed by atoms with van der Waals surface area (Å²) < 4.78 is 10.8. The maximum atomic E-state index is 11.6. The second kappa shape index (κ2) is 6.43. The van der Waals surface area contributed by atoms with Crippen LogP contribution < -0.4 is 15.8 Å². The van der Waals surface area contributed by atoms with Gasteiger partial charge >= 0.3 is 0 Å². The second-order valence-electron chi connectivity index (χ2n) is 4.79. The van der Waals surface area contributed by atoms with Crippen molar-refractivity contribution >= 4 is 11.6 Å². The number of benzene rings is 1. The second-order valence-corrected chi connectivity index (χ2v) is 4.79. The van der Waals surface area contributed by atoms with Crippen LogP contribution in [0, 0.1) is 5.92 Å². The van der Waals surface area contributed by atoms with Gasteiger partial charge in [0, 0.05) is 24.8 Å². The highest BCUT2D eigenvalue weighted by Crippen LogP contribution is 2.19. The van der Waals surface area contributed by atoms with E-state index in [1.54, 1.807) is 24.3 Å². The number of nitrogens with two attached hydrogens (primary N) is 1. The van der Waals surface area contributed by atoms with Gasteiger partial charge in [0.05, 0.1) is 6.10 Å². The average molecular weight is 264 g/mol. The molecule has 0 spiro atoms. The largest absolute Gasteiger partial charge is 0.484 e. The van der Waals surface area contributed by atoms with E-state index in [1.807, 2.05) is 6.92 Å². The van der Waals surface area contributed by atoms with Crippen molar-refractivity contribution in [2.45, 2.75) is 19.4 Å². The normalized spacial score (nSPS) is 22.2. The molecule has 0 aliphatic carbocycles. The minimum atomic E-state index is -0.115. The summed E-state index contributed by atoms with van der Waals surface area (Å²) in [7, 11) is 0. The summed E-state index contributed by atoms with van der Waals surface area (Å²) in [5, 5.41) is 2.87. The number of ether oxygens (including phenoxy) is 2. The van der Waals surface area contributed by atoms with Crippen LogP contribution in [0.4, 0.5) is 5.69 Å². The zero-order valence-corrected chi connectivity index (χ0v) is 11.1. The van der Waals surface area contributed by atoms with E-state index in [-0.39, 0.29) is 18.6 Å². The topological polar surface area (TPSA) is 73.6 Å². The molecule has 19 heavy (non-hydrogen) atoms. The number of nitrogen functional groups attached to an aromatic ring is 1. The molecule has 1 saturated heterocycles. The molecule has 2 unspecified atom stereocenters. The minimum absolute atomic E-state index is 0.0197. The SMILES string of the molecule is CC1OCCC1CNC(=O)COc1ccc(N)cc1. The first-order valence-electron chi connectivity index (χ1n) is 6.52. The molecule has 1 heterocycles. The maximum absolute atomic E-state index is 11.6. The van der Waals surface area contributed by atoms with Crippen LogP contribution in [0.1, 0.15) is 13.3 Å². The lowest BCUT2D eigenvalue weighted by Gasteiger charge is -2.14. The Labute approximate surface area is 113 Å². The van der Waals surface area contributed by atoms with Gasteiger partial charge in [-0.3, -0.25) is 4.79 Å². The maximum Gasteiger partial charge on any atom is 0.257 e. The Hall–Kier alpha value is -1.75. The third-order valence-electron chi connectivity index (χ3n) is 3.34. The Morgan fingerprint density at radius 2 is 2.21 bits per heavy atom. The van der Waals surface area contributed by atoms with Crippen LogP contribution in [0.25, 0.3) is 0 Å². The van der Waals surface area contributed by atoms with Crippen molar-refractivity contribution in [3.05, 3.63) is 24.3 Å². The zero-order valence-electron chi connectivity index (χ0n) is 11.1. The zero-order chi connectivity index (χ0) is 13.7. The van der Waals surface area contributed by atoms with Gasteiger partial charge < -0.3 is 20.5 Å². The molecule has 1 aromatic carbocycles. The van der Waals surface area contributed by atoms with E-state index in [2.05, 4.69) is 5.32 Å². The van der Waals surface area contributed by atoms with E-state index in [9.17, 15) is 4.79 Å². The van der Waals surface area contributed by atoms with Crippen LogP contribution in [0.3, 0.4) is 0 Å². The van der Waals surface area contributed by atoms with Crippen molar-refractivity contribution in [3.8, 4) is 5.75 Å². The number of hydrogen-bond donors (Lipinski definition) is 2. The van der Waals surface area contributed by atoms with Gasteiger partial charge in [-0.1, -0.05) is 0 Å². The van der Waals surface area contributed by atoms with Crippen molar-refractivity contribution in [2.24, 2.45) is 5.92 Å².